The molecule has 0 saturated carbocycles. The zero-order valence-corrected chi connectivity index (χ0v) is 11.2. The summed E-state index contributed by atoms with van der Waals surface area (Å²) in [7, 11) is 0. The molecule has 0 radical (unpaired) electrons. The van der Waals surface area contributed by atoms with Crippen molar-refractivity contribution in [2.24, 2.45) is 0 Å². The summed E-state index contributed by atoms with van der Waals surface area (Å²) in [5, 5.41) is 3.26. The van der Waals surface area contributed by atoms with Gasteiger partial charge in [-0.05, 0) is 48.0 Å². The average molecular weight is 290 g/mol. The second-order valence-corrected chi connectivity index (χ2v) is 4.56. The second-order valence-electron chi connectivity index (χ2n) is 3.71. The van der Waals surface area contributed by atoms with Gasteiger partial charge in [0, 0.05) is 12.6 Å². The van der Waals surface area contributed by atoms with Crippen molar-refractivity contribution >= 4 is 15.9 Å². The molecule has 0 aliphatic carbocycles. The van der Waals surface area contributed by atoms with E-state index in [1.807, 2.05) is 6.92 Å². The van der Waals surface area contributed by atoms with Gasteiger partial charge < -0.3 is 10.1 Å². The van der Waals surface area contributed by atoms with Crippen LogP contribution in [0.3, 0.4) is 0 Å². The largest absolute Gasteiger partial charge is 0.488 e. The van der Waals surface area contributed by atoms with Gasteiger partial charge >= 0.3 is 0 Å². The standard InChI is InChI=1S/C12H17BrFNO/c1-3-6-15-8-9(2)16-12-7-10(14)4-5-11(12)13/h4-5,7,9,15H,3,6,8H2,1-2H3. The lowest BCUT2D eigenvalue weighted by Gasteiger charge is -2.16. The van der Waals surface area contributed by atoms with Gasteiger partial charge in [-0.3, -0.25) is 0 Å². The monoisotopic (exact) mass is 289 g/mol. The lowest BCUT2D eigenvalue weighted by molar-refractivity contribution is 0.215. The van der Waals surface area contributed by atoms with E-state index in [2.05, 4.69) is 28.2 Å². The topological polar surface area (TPSA) is 21.3 Å². The highest BCUT2D eigenvalue weighted by molar-refractivity contribution is 9.10. The van der Waals surface area contributed by atoms with Crippen LogP contribution in [-0.2, 0) is 0 Å². The summed E-state index contributed by atoms with van der Waals surface area (Å²) in [6, 6.07) is 4.44. The van der Waals surface area contributed by atoms with Crippen molar-refractivity contribution in [2.75, 3.05) is 13.1 Å². The Hall–Kier alpha value is -0.610. The highest BCUT2D eigenvalue weighted by atomic mass is 79.9. The number of benzene rings is 1. The fraction of sp³-hybridized carbons (Fsp3) is 0.500. The van der Waals surface area contributed by atoms with Gasteiger partial charge in [-0.15, -0.1) is 0 Å². The number of ether oxygens (including phenoxy) is 1. The van der Waals surface area contributed by atoms with Gasteiger partial charge in [-0.25, -0.2) is 4.39 Å². The number of hydrogen-bond donors (Lipinski definition) is 1. The molecule has 1 aromatic carbocycles. The molecule has 0 aromatic heterocycles. The van der Waals surface area contributed by atoms with E-state index in [1.165, 1.54) is 12.1 Å². The Morgan fingerprint density at radius 3 is 2.94 bits per heavy atom. The molecule has 16 heavy (non-hydrogen) atoms. The van der Waals surface area contributed by atoms with E-state index in [9.17, 15) is 4.39 Å². The van der Waals surface area contributed by atoms with Crippen LogP contribution in [0.1, 0.15) is 20.3 Å². The first-order valence-corrected chi connectivity index (χ1v) is 6.25. The van der Waals surface area contributed by atoms with Crippen molar-refractivity contribution in [3.05, 3.63) is 28.5 Å². The fourth-order valence-electron chi connectivity index (χ4n) is 1.31. The van der Waals surface area contributed by atoms with Gasteiger partial charge in [0.25, 0.3) is 0 Å². The van der Waals surface area contributed by atoms with Gasteiger partial charge in [0.15, 0.2) is 0 Å². The Morgan fingerprint density at radius 1 is 1.50 bits per heavy atom. The van der Waals surface area contributed by atoms with Crippen LogP contribution in [0.4, 0.5) is 4.39 Å². The van der Waals surface area contributed by atoms with Crippen molar-refractivity contribution in [1.29, 1.82) is 0 Å². The molecule has 1 unspecified atom stereocenters. The van der Waals surface area contributed by atoms with Crippen LogP contribution in [0, 0.1) is 5.82 Å². The van der Waals surface area contributed by atoms with Crippen LogP contribution < -0.4 is 10.1 Å². The third kappa shape index (κ3) is 4.49. The smallest absolute Gasteiger partial charge is 0.136 e. The minimum atomic E-state index is -0.285. The van der Waals surface area contributed by atoms with Crippen LogP contribution in [0.25, 0.3) is 0 Å². The molecule has 1 aromatic rings. The third-order valence-electron chi connectivity index (χ3n) is 2.08. The molecule has 0 amide bonds. The summed E-state index contributed by atoms with van der Waals surface area (Å²) in [4.78, 5) is 0. The minimum Gasteiger partial charge on any atom is -0.488 e. The summed E-state index contributed by atoms with van der Waals surface area (Å²) in [5.41, 5.74) is 0. The summed E-state index contributed by atoms with van der Waals surface area (Å²) in [5.74, 6) is 0.262. The van der Waals surface area contributed by atoms with Crippen molar-refractivity contribution in [3.63, 3.8) is 0 Å². The molecule has 1 N–H and O–H groups in total. The maximum atomic E-state index is 13.0. The first kappa shape index (κ1) is 13.5. The SMILES string of the molecule is CCCNCC(C)Oc1cc(F)ccc1Br. The third-order valence-corrected chi connectivity index (χ3v) is 2.74. The molecule has 4 heteroatoms. The van der Waals surface area contributed by atoms with Crippen molar-refractivity contribution in [1.82, 2.24) is 5.32 Å². The summed E-state index contributed by atoms with van der Waals surface area (Å²) in [6.45, 7) is 5.80. The van der Waals surface area contributed by atoms with E-state index in [-0.39, 0.29) is 11.9 Å². The predicted molar refractivity (Wildman–Crippen MR) is 67.4 cm³/mol. The van der Waals surface area contributed by atoms with E-state index in [0.29, 0.717) is 5.75 Å². The van der Waals surface area contributed by atoms with Crippen LogP contribution in [0.5, 0.6) is 5.75 Å². The molecular weight excluding hydrogens is 273 g/mol. The van der Waals surface area contributed by atoms with Crippen LogP contribution >= 0.6 is 15.9 Å². The Kier molecular flexibility index (Phi) is 5.77. The lowest BCUT2D eigenvalue weighted by atomic mass is 10.3. The first-order chi connectivity index (χ1) is 7.63. The molecule has 0 bridgehead atoms. The van der Waals surface area contributed by atoms with E-state index in [0.717, 1.165) is 24.0 Å². The Bertz CT molecular complexity index is 333. The van der Waals surface area contributed by atoms with E-state index < -0.39 is 0 Å². The van der Waals surface area contributed by atoms with Gasteiger partial charge in [0.1, 0.15) is 17.7 Å². The highest BCUT2D eigenvalue weighted by Crippen LogP contribution is 2.26. The Labute approximate surface area is 104 Å². The van der Waals surface area contributed by atoms with Gasteiger partial charge in [-0.2, -0.15) is 0 Å². The number of rotatable bonds is 6. The second kappa shape index (κ2) is 6.86. The highest BCUT2D eigenvalue weighted by Gasteiger charge is 2.07. The van der Waals surface area contributed by atoms with Gasteiger partial charge in [-0.1, -0.05) is 6.92 Å². The molecule has 90 valence electrons. The Balaban J connectivity index is 2.48. The molecule has 0 fully saturated rings. The molecule has 0 heterocycles. The van der Waals surface area contributed by atoms with Crippen LogP contribution in [0.2, 0.25) is 0 Å². The Morgan fingerprint density at radius 2 is 2.25 bits per heavy atom. The van der Waals surface area contributed by atoms with Gasteiger partial charge in [0.2, 0.25) is 0 Å². The maximum Gasteiger partial charge on any atom is 0.136 e. The van der Waals surface area contributed by atoms with Crippen LogP contribution in [-0.4, -0.2) is 19.2 Å². The molecule has 1 atom stereocenters. The van der Waals surface area contributed by atoms with Crippen molar-refractivity contribution in [2.45, 2.75) is 26.4 Å². The molecule has 1 rings (SSSR count). The summed E-state index contributed by atoms with van der Waals surface area (Å²) < 4.78 is 19.4. The maximum absolute atomic E-state index is 13.0. The summed E-state index contributed by atoms with van der Waals surface area (Å²) >= 11 is 3.33. The summed E-state index contributed by atoms with van der Waals surface area (Å²) in [6.07, 6.45) is 1.11. The molecule has 0 aliphatic heterocycles. The molecule has 0 saturated heterocycles. The number of nitrogens with one attached hydrogen (secondary N) is 1. The quantitative estimate of drug-likeness (QED) is 0.811. The molecule has 0 spiro atoms. The molecule has 0 aliphatic rings. The van der Waals surface area contributed by atoms with E-state index >= 15 is 0 Å². The minimum absolute atomic E-state index is 0.0182. The number of halogens is 2. The van der Waals surface area contributed by atoms with E-state index in [1.54, 1.807) is 6.07 Å². The van der Waals surface area contributed by atoms with Crippen molar-refractivity contribution < 1.29 is 9.13 Å². The normalized spacial score (nSPS) is 12.5. The molecule has 2 nitrogen and oxygen atoms in total. The van der Waals surface area contributed by atoms with Crippen molar-refractivity contribution in [3.8, 4) is 5.75 Å². The first-order valence-electron chi connectivity index (χ1n) is 5.46. The average Bonchev–Trinajstić information content (AvgIpc) is 2.24. The van der Waals surface area contributed by atoms with Gasteiger partial charge in [0.05, 0.1) is 4.47 Å². The fourth-order valence-corrected chi connectivity index (χ4v) is 1.65. The number of hydrogen-bond acceptors (Lipinski definition) is 2. The lowest BCUT2D eigenvalue weighted by Crippen LogP contribution is -2.29. The zero-order chi connectivity index (χ0) is 12.0. The molecular formula is C12H17BrFNO. The predicted octanol–water partition coefficient (Wildman–Crippen LogP) is 3.36. The zero-order valence-electron chi connectivity index (χ0n) is 9.59. The van der Waals surface area contributed by atoms with E-state index in [4.69, 9.17) is 4.74 Å². The van der Waals surface area contributed by atoms with Crippen LogP contribution in [0.15, 0.2) is 22.7 Å².